The molecule has 110 valence electrons. The SMILES string of the molecule is CSCC[C@@H](NC(=O)Nc1cccc(Cl)c1Cl)C(=O)O. The van der Waals surface area contributed by atoms with Crippen molar-refractivity contribution in [2.24, 2.45) is 0 Å². The van der Waals surface area contributed by atoms with Crippen molar-refractivity contribution in [3.63, 3.8) is 0 Å². The molecule has 1 rings (SSSR count). The summed E-state index contributed by atoms with van der Waals surface area (Å²) in [5, 5.41) is 14.4. The van der Waals surface area contributed by atoms with E-state index in [1.165, 1.54) is 11.8 Å². The highest BCUT2D eigenvalue weighted by atomic mass is 35.5. The van der Waals surface area contributed by atoms with Crippen molar-refractivity contribution < 1.29 is 14.7 Å². The lowest BCUT2D eigenvalue weighted by molar-refractivity contribution is -0.139. The Balaban J connectivity index is 2.66. The van der Waals surface area contributed by atoms with Crippen molar-refractivity contribution in [3.05, 3.63) is 28.2 Å². The zero-order valence-corrected chi connectivity index (χ0v) is 13.0. The largest absolute Gasteiger partial charge is 0.480 e. The Bertz CT molecular complexity index is 500. The smallest absolute Gasteiger partial charge is 0.326 e. The highest BCUT2D eigenvalue weighted by Crippen LogP contribution is 2.29. The van der Waals surface area contributed by atoms with Crippen LogP contribution < -0.4 is 10.6 Å². The Labute approximate surface area is 131 Å². The van der Waals surface area contributed by atoms with Crippen molar-refractivity contribution in [1.29, 1.82) is 0 Å². The van der Waals surface area contributed by atoms with Crippen LogP contribution in [0.3, 0.4) is 0 Å². The van der Waals surface area contributed by atoms with E-state index in [2.05, 4.69) is 10.6 Å². The molecule has 0 unspecified atom stereocenters. The molecule has 5 nitrogen and oxygen atoms in total. The summed E-state index contributed by atoms with van der Waals surface area (Å²) in [6.45, 7) is 0. The molecule has 3 N–H and O–H groups in total. The summed E-state index contributed by atoms with van der Waals surface area (Å²) >= 11 is 13.3. The van der Waals surface area contributed by atoms with E-state index < -0.39 is 18.0 Å². The molecule has 1 atom stereocenters. The minimum absolute atomic E-state index is 0.209. The molecule has 0 aliphatic carbocycles. The van der Waals surface area contributed by atoms with E-state index >= 15 is 0 Å². The molecule has 0 spiro atoms. The van der Waals surface area contributed by atoms with Gasteiger partial charge in [0.05, 0.1) is 15.7 Å². The van der Waals surface area contributed by atoms with Gasteiger partial charge in [0.2, 0.25) is 0 Å². The van der Waals surface area contributed by atoms with Gasteiger partial charge in [-0.25, -0.2) is 9.59 Å². The van der Waals surface area contributed by atoms with E-state index in [0.29, 0.717) is 22.9 Å². The monoisotopic (exact) mass is 336 g/mol. The normalized spacial score (nSPS) is 11.8. The molecule has 0 aliphatic heterocycles. The summed E-state index contributed by atoms with van der Waals surface area (Å²) in [7, 11) is 0. The molecule has 20 heavy (non-hydrogen) atoms. The Hall–Kier alpha value is -1.11. The van der Waals surface area contributed by atoms with Crippen LogP contribution in [0.2, 0.25) is 10.0 Å². The molecule has 8 heteroatoms. The maximum absolute atomic E-state index is 11.8. The van der Waals surface area contributed by atoms with Crippen LogP contribution in [-0.2, 0) is 4.79 Å². The Kier molecular flexibility index (Phi) is 6.98. The molecule has 2 amide bonds. The van der Waals surface area contributed by atoms with E-state index in [1.54, 1.807) is 18.2 Å². The summed E-state index contributed by atoms with van der Waals surface area (Å²) in [5.74, 6) is -0.443. The zero-order valence-electron chi connectivity index (χ0n) is 10.7. The number of urea groups is 1. The van der Waals surface area contributed by atoms with Gasteiger partial charge >= 0.3 is 12.0 Å². The first-order valence-corrected chi connectivity index (χ1v) is 7.84. The third kappa shape index (κ3) is 5.11. The summed E-state index contributed by atoms with van der Waals surface area (Å²) in [5.41, 5.74) is 0.325. The van der Waals surface area contributed by atoms with Gasteiger partial charge in [0.15, 0.2) is 0 Å². The molecule has 1 aromatic rings. The highest BCUT2D eigenvalue weighted by molar-refractivity contribution is 7.98. The lowest BCUT2D eigenvalue weighted by Crippen LogP contribution is -2.43. The van der Waals surface area contributed by atoms with E-state index in [0.717, 1.165) is 0 Å². The number of nitrogens with one attached hydrogen (secondary N) is 2. The average Bonchev–Trinajstić information content (AvgIpc) is 2.39. The summed E-state index contributed by atoms with van der Waals surface area (Å²) in [4.78, 5) is 22.8. The molecule has 0 saturated carbocycles. The molecule has 1 aromatic carbocycles. The van der Waals surface area contributed by atoms with Crippen LogP contribution in [0, 0.1) is 0 Å². The van der Waals surface area contributed by atoms with E-state index in [-0.39, 0.29) is 5.02 Å². The highest BCUT2D eigenvalue weighted by Gasteiger charge is 2.19. The maximum Gasteiger partial charge on any atom is 0.326 e. The van der Waals surface area contributed by atoms with Crippen molar-refractivity contribution in [3.8, 4) is 0 Å². The van der Waals surface area contributed by atoms with Crippen molar-refractivity contribution in [1.82, 2.24) is 5.32 Å². The number of aliphatic carboxylic acids is 1. The third-order valence-corrected chi connectivity index (χ3v) is 3.88. The first-order chi connectivity index (χ1) is 9.45. The standard InChI is InChI=1S/C12H14Cl2N2O3S/c1-20-6-5-9(11(17)18)16-12(19)15-8-4-2-3-7(13)10(8)14/h2-4,9H,5-6H2,1H3,(H,17,18)(H2,15,16,19)/t9-/m1/s1. The summed E-state index contributed by atoms with van der Waals surface area (Å²) < 4.78 is 0. The van der Waals surface area contributed by atoms with E-state index in [1.807, 2.05) is 6.26 Å². The van der Waals surface area contributed by atoms with Gasteiger partial charge in [-0.3, -0.25) is 0 Å². The Morgan fingerprint density at radius 1 is 1.40 bits per heavy atom. The van der Waals surface area contributed by atoms with Gasteiger partial charge in [0, 0.05) is 0 Å². The van der Waals surface area contributed by atoms with Crippen LogP contribution in [0.1, 0.15) is 6.42 Å². The van der Waals surface area contributed by atoms with Gasteiger partial charge in [-0.1, -0.05) is 29.3 Å². The van der Waals surface area contributed by atoms with Crippen LogP contribution in [0.4, 0.5) is 10.5 Å². The zero-order chi connectivity index (χ0) is 15.1. The molecule has 0 radical (unpaired) electrons. The Morgan fingerprint density at radius 3 is 2.70 bits per heavy atom. The van der Waals surface area contributed by atoms with Gasteiger partial charge in [-0.15, -0.1) is 0 Å². The quantitative estimate of drug-likeness (QED) is 0.744. The second-order valence-corrected chi connectivity index (χ2v) is 5.64. The van der Waals surface area contributed by atoms with Crippen molar-refractivity contribution >= 4 is 52.7 Å². The second-order valence-electron chi connectivity index (χ2n) is 3.87. The fourth-order valence-electron chi connectivity index (χ4n) is 1.41. The number of carboxylic acid groups (broad SMARTS) is 1. The van der Waals surface area contributed by atoms with Crippen LogP contribution in [-0.4, -0.2) is 35.2 Å². The van der Waals surface area contributed by atoms with Crippen LogP contribution in [0.25, 0.3) is 0 Å². The molecule has 0 heterocycles. The Morgan fingerprint density at radius 2 is 2.10 bits per heavy atom. The van der Waals surface area contributed by atoms with Crippen LogP contribution in [0.15, 0.2) is 18.2 Å². The number of hydrogen-bond acceptors (Lipinski definition) is 3. The van der Waals surface area contributed by atoms with E-state index in [4.69, 9.17) is 28.3 Å². The molecule has 0 aliphatic rings. The predicted octanol–water partition coefficient (Wildman–Crippen LogP) is 3.32. The van der Waals surface area contributed by atoms with Crippen LogP contribution >= 0.6 is 35.0 Å². The number of halogens is 2. The van der Waals surface area contributed by atoms with Gasteiger partial charge in [0.25, 0.3) is 0 Å². The van der Waals surface area contributed by atoms with Crippen molar-refractivity contribution in [2.75, 3.05) is 17.3 Å². The molecular formula is C12H14Cl2N2O3S. The number of hydrogen-bond donors (Lipinski definition) is 3. The van der Waals surface area contributed by atoms with Crippen LogP contribution in [0.5, 0.6) is 0 Å². The van der Waals surface area contributed by atoms with Gasteiger partial charge in [-0.05, 0) is 30.6 Å². The first-order valence-electron chi connectivity index (χ1n) is 5.69. The lowest BCUT2D eigenvalue weighted by atomic mass is 10.2. The minimum Gasteiger partial charge on any atom is -0.480 e. The number of benzene rings is 1. The maximum atomic E-state index is 11.8. The number of carbonyl (C=O) groups is 2. The third-order valence-electron chi connectivity index (χ3n) is 2.41. The number of anilines is 1. The minimum atomic E-state index is -1.08. The average molecular weight is 337 g/mol. The fourth-order valence-corrected chi connectivity index (χ4v) is 2.23. The lowest BCUT2D eigenvalue weighted by Gasteiger charge is -2.15. The number of rotatable bonds is 6. The molecule has 0 saturated heterocycles. The van der Waals surface area contributed by atoms with Gasteiger partial charge < -0.3 is 15.7 Å². The van der Waals surface area contributed by atoms with Gasteiger partial charge in [0.1, 0.15) is 6.04 Å². The first kappa shape index (κ1) is 16.9. The fraction of sp³-hybridized carbons (Fsp3) is 0.333. The number of carboxylic acids is 1. The summed E-state index contributed by atoms with van der Waals surface area (Å²) in [6, 6.07) is 3.21. The number of carbonyl (C=O) groups excluding carboxylic acids is 1. The topological polar surface area (TPSA) is 78.4 Å². The van der Waals surface area contributed by atoms with Gasteiger partial charge in [-0.2, -0.15) is 11.8 Å². The van der Waals surface area contributed by atoms with E-state index in [9.17, 15) is 9.59 Å². The number of amides is 2. The second kappa shape index (κ2) is 8.24. The number of thioether (sulfide) groups is 1. The molecule has 0 bridgehead atoms. The summed E-state index contributed by atoms with van der Waals surface area (Å²) in [6.07, 6.45) is 2.21. The molecule has 0 fully saturated rings. The van der Waals surface area contributed by atoms with Crippen molar-refractivity contribution in [2.45, 2.75) is 12.5 Å². The molecule has 0 aromatic heterocycles. The predicted molar refractivity (Wildman–Crippen MR) is 83.0 cm³/mol. The molecular weight excluding hydrogens is 323 g/mol.